The number of imide groups is 1. The van der Waals surface area contributed by atoms with Crippen LogP contribution in [-0.2, 0) is 50.1 Å². The monoisotopic (exact) mass is 703 g/mol. The van der Waals surface area contributed by atoms with E-state index in [1.54, 1.807) is 36.4 Å². The summed E-state index contributed by atoms with van der Waals surface area (Å²) in [5.41, 5.74) is 4.02. The van der Waals surface area contributed by atoms with Crippen LogP contribution in [0.2, 0.25) is 5.02 Å². The fraction of sp³-hybridized carbons (Fsp3) is 0.238. The van der Waals surface area contributed by atoms with Gasteiger partial charge in [-0.25, -0.2) is 4.90 Å². The van der Waals surface area contributed by atoms with Gasteiger partial charge in [-0.15, -0.1) is 0 Å². The number of hydrogen-bond acceptors (Lipinski definition) is 7. The average Bonchev–Trinajstić information content (AvgIpc) is 3.17. The van der Waals surface area contributed by atoms with Gasteiger partial charge in [0, 0.05) is 5.56 Å². The molecule has 5 aromatic rings. The summed E-state index contributed by atoms with van der Waals surface area (Å²) < 4.78 is 33.2. The Kier molecular flexibility index (Phi) is 11.3. The Morgan fingerprint density at radius 3 is 1.88 bits per heavy atom. The smallest absolute Gasteiger partial charge is 0.264 e. The summed E-state index contributed by atoms with van der Waals surface area (Å²) in [6, 6.07) is 43.2. The Morgan fingerprint density at radius 2 is 1.24 bits per heavy atom. The maximum Gasteiger partial charge on any atom is 0.264 e. The van der Waals surface area contributed by atoms with E-state index >= 15 is 0 Å². The van der Waals surface area contributed by atoms with E-state index < -0.39 is 42.5 Å². The van der Waals surface area contributed by atoms with E-state index in [0.717, 1.165) is 21.6 Å². The molecular weight excluding hydrogens is 666 g/mol. The largest absolute Gasteiger partial charge is 0.374 e. The van der Waals surface area contributed by atoms with Gasteiger partial charge in [-0.3, -0.25) is 9.59 Å². The first-order valence-electron chi connectivity index (χ1n) is 17.0. The van der Waals surface area contributed by atoms with Crippen molar-refractivity contribution in [3.05, 3.63) is 178 Å². The van der Waals surface area contributed by atoms with E-state index in [4.69, 9.17) is 35.3 Å². The minimum absolute atomic E-state index is 0.0850. The Hall–Kier alpha value is -4.67. The molecule has 7 rings (SSSR count). The van der Waals surface area contributed by atoms with Gasteiger partial charge < -0.3 is 23.7 Å². The summed E-state index contributed by atoms with van der Waals surface area (Å²) in [5.74, 6) is -1.14. The predicted molar refractivity (Wildman–Crippen MR) is 192 cm³/mol. The molecule has 9 heteroatoms. The molecule has 2 aliphatic rings. The Bertz CT molecular complexity index is 1910. The van der Waals surface area contributed by atoms with Gasteiger partial charge in [-0.05, 0) is 40.5 Å². The van der Waals surface area contributed by atoms with Gasteiger partial charge in [0.25, 0.3) is 11.8 Å². The predicted octanol–water partition coefficient (Wildman–Crippen LogP) is 7.63. The van der Waals surface area contributed by atoms with Gasteiger partial charge in [0.2, 0.25) is 0 Å². The van der Waals surface area contributed by atoms with Crippen molar-refractivity contribution in [1.29, 1.82) is 0 Å². The third-order valence-electron chi connectivity index (χ3n) is 9.05. The first-order chi connectivity index (χ1) is 25.1. The van der Waals surface area contributed by atoms with Crippen molar-refractivity contribution in [3.63, 3.8) is 0 Å². The maximum atomic E-state index is 14.6. The number of nitrogens with zero attached hydrogens (tertiary/aromatic N) is 1. The van der Waals surface area contributed by atoms with Crippen molar-refractivity contribution in [2.24, 2.45) is 0 Å². The number of rotatable bonds is 11. The summed E-state index contributed by atoms with van der Waals surface area (Å²) >= 11 is 6.56. The van der Waals surface area contributed by atoms with Crippen molar-refractivity contribution in [1.82, 2.24) is 4.90 Å². The van der Waals surface area contributed by atoms with Crippen LogP contribution in [0.3, 0.4) is 0 Å². The topological polar surface area (TPSA) is 83.5 Å². The van der Waals surface area contributed by atoms with E-state index in [9.17, 15) is 9.59 Å². The summed E-state index contributed by atoms with van der Waals surface area (Å²) in [6.45, 7) is 0.982. The fourth-order valence-corrected chi connectivity index (χ4v) is 6.68. The Balaban J connectivity index is 1.30. The van der Waals surface area contributed by atoms with Crippen molar-refractivity contribution >= 4 is 23.4 Å². The van der Waals surface area contributed by atoms with Crippen molar-refractivity contribution < 1.29 is 33.3 Å². The lowest BCUT2D eigenvalue weighted by Gasteiger charge is -2.49. The number of benzene rings is 5. The first kappa shape index (κ1) is 34.8. The number of hydrogen-bond donors (Lipinski definition) is 0. The molecular formula is C42H38ClNO7. The molecule has 0 unspecified atom stereocenters. The maximum absolute atomic E-state index is 14.6. The van der Waals surface area contributed by atoms with Gasteiger partial charge in [0.1, 0.15) is 24.4 Å². The molecule has 2 heterocycles. The molecule has 1 fully saturated rings. The molecule has 5 atom stereocenters. The van der Waals surface area contributed by atoms with E-state index in [1.165, 1.54) is 0 Å². The number of halogens is 1. The van der Waals surface area contributed by atoms with E-state index in [2.05, 4.69) is 0 Å². The lowest BCUT2D eigenvalue weighted by Crippen LogP contribution is -2.67. The zero-order chi connectivity index (χ0) is 35.0. The van der Waals surface area contributed by atoms with Crippen LogP contribution in [0.5, 0.6) is 0 Å². The molecule has 0 saturated carbocycles. The third-order valence-corrected chi connectivity index (χ3v) is 9.38. The van der Waals surface area contributed by atoms with E-state index in [1.807, 2.05) is 103 Å². The molecule has 0 radical (unpaired) electrons. The molecule has 5 aromatic carbocycles. The van der Waals surface area contributed by atoms with Crippen LogP contribution in [0.15, 0.2) is 140 Å². The van der Waals surface area contributed by atoms with Gasteiger partial charge >= 0.3 is 0 Å². The molecule has 260 valence electrons. The average molecular weight is 704 g/mol. The van der Waals surface area contributed by atoms with Crippen LogP contribution in [0, 0.1) is 0 Å². The minimum Gasteiger partial charge on any atom is -0.374 e. The zero-order valence-corrected chi connectivity index (χ0v) is 28.6. The fourth-order valence-electron chi connectivity index (χ4n) is 6.46. The molecule has 51 heavy (non-hydrogen) atoms. The molecule has 1 saturated heterocycles. The first-order valence-corrected chi connectivity index (χ1v) is 17.3. The third kappa shape index (κ3) is 8.13. The molecule has 0 spiro atoms. The Morgan fingerprint density at radius 1 is 0.686 bits per heavy atom. The summed E-state index contributed by atoms with van der Waals surface area (Å²) in [7, 11) is 0. The van der Waals surface area contributed by atoms with Crippen molar-refractivity contribution in [2.75, 3.05) is 6.61 Å². The zero-order valence-electron chi connectivity index (χ0n) is 27.9. The van der Waals surface area contributed by atoms with Crippen LogP contribution >= 0.6 is 11.6 Å². The summed E-state index contributed by atoms with van der Waals surface area (Å²) in [6.07, 6.45) is -4.43. The number of ether oxygens (including phenoxy) is 5. The van der Waals surface area contributed by atoms with Gasteiger partial charge in [0.05, 0.1) is 43.6 Å². The van der Waals surface area contributed by atoms with Crippen LogP contribution < -0.4 is 0 Å². The minimum atomic E-state index is -1.21. The van der Waals surface area contributed by atoms with E-state index in [0.29, 0.717) is 17.7 Å². The van der Waals surface area contributed by atoms with Crippen LogP contribution in [-0.4, -0.2) is 54.0 Å². The highest BCUT2D eigenvalue weighted by atomic mass is 35.5. The second-order valence-corrected chi connectivity index (χ2v) is 12.9. The van der Waals surface area contributed by atoms with Gasteiger partial charge in [0.15, 0.2) is 6.23 Å². The molecule has 8 nitrogen and oxygen atoms in total. The molecule has 0 bridgehead atoms. The summed E-state index contributed by atoms with van der Waals surface area (Å²) in [4.78, 5) is 30.2. The van der Waals surface area contributed by atoms with Crippen LogP contribution in [0.25, 0.3) is 0 Å². The SMILES string of the molecule is O=C(c1ccccc1Cl)N1C(=O)c2ccccc2CO[C@@H]2[C@@H](OCc3ccccc3)[C@H](OCc3ccccc3)[C@@H](COCc3ccccc3)O[C@@H]21. The number of carbonyl (C=O) groups excluding carboxylic acids is 2. The lowest BCUT2D eigenvalue weighted by molar-refractivity contribution is -0.290. The molecule has 2 aliphatic heterocycles. The van der Waals surface area contributed by atoms with Gasteiger partial charge in [-0.1, -0.05) is 133 Å². The summed E-state index contributed by atoms with van der Waals surface area (Å²) in [5, 5.41) is 0.211. The quantitative estimate of drug-likeness (QED) is 0.131. The highest BCUT2D eigenvalue weighted by Crippen LogP contribution is 2.36. The standard InChI is InChI=1S/C42H38ClNO7/c43-35-23-13-12-22-34(35)41(46)44-40(45)33-21-11-10-20-32(33)27-50-39-38(49-26-31-18-8-3-9-19-31)37(48-25-30-16-6-2-7-17-30)36(51-42(39)44)28-47-24-29-14-4-1-5-15-29/h1-23,36-39,42H,24-28H2/t36-,37-,38+,39-,42+/m1/s1. The highest BCUT2D eigenvalue weighted by molar-refractivity contribution is 6.34. The van der Waals surface area contributed by atoms with E-state index in [-0.39, 0.29) is 37.0 Å². The molecule has 2 amide bonds. The van der Waals surface area contributed by atoms with Crippen LogP contribution in [0.1, 0.15) is 43.0 Å². The number of fused-ring (bicyclic) bond motifs is 2. The Labute approximate surface area is 302 Å². The number of carbonyl (C=O) groups is 2. The highest BCUT2D eigenvalue weighted by Gasteiger charge is 2.53. The van der Waals surface area contributed by atoms with Crippen molar-refractivity contribution in [3.8, 4) is 0 Å². The second-order valence-electron chi connectivity index (χ2n) is 12.5. The van der Waals surface area contributed by atoms with Crippen LogP contribution in [0.4, 0.5) is 0 Å². The second kappa shape index (κ2) is 16.6. The molecule has 0 aliphatic carbocycles. The number of amides is 2. The lowest BCUT2D eigenvalue weighted by atomic mass is 9.94. The normalized spacial score (nSPS) is 21.6. The molecule has 0 aromatic heterocycles. The molecule has 0 N–H and O–H groups in total. The van der Waals surface area contributed by atoms with Gasteiger partial charge in [-0.2, -0.15) is 0 Å². The van der Waals surface area contributed by atoms with Crippen molar-refractivity contribution in [2.45, 2.75) is 57.1 Å².